The van der Waals surface area contributed by atoms with Crippen LogP contribution in [0.15, 0.2) is 47.5 Å². The van der Waals surface area contributed by atoms with Crippen molar-refractivity contribution in [1.29, 1.82) is 0 Å². The number of hydrogen-bond donors (Lipinski definition) is 2. The van der Waals surface area contributed by atoms with Crippen LogP contribution in [0, 0.1) is 6.92 Å². The van der Waals surface area contributed by atoms with Gasteiger partial charge in [-0.25, -0.2) is 4.79 Å². The van der Waals surface area contributed by atoms with E-state index in [0.717, 1.165) is 31.0 Å². The smallest absolute Gasteiger partial charge is 0.341 e. The summed E-state index contributed by atoms with van der Waals surface area (Å²) >= 11 is 0. The summed E-state index contributed by atoms with van der Waals surface area (Å²) in [6, 6.07) is 14.4. The van der Waals surface area contributed by atoms with E-state index in [1.807, 2.05) is 6.07 Å². The molecule has 1 saturated heterocycles. The van der Waals surface area contributed by atoms with Crippen molar-refractivity contribution in [2.75, 3.05) is 39.3 Å². The van der Waals surface area contributed by atoms with Gasteiger partial charge in [0.1, 0.15) is 11.3 Å². The van der Waals surface area contributed by atoms with Crippen LogP contribution in [0.2, 0.25) is 0 Å². The van der Waals surface area contributed by atoms with E-state index in [9.17, 15) is 4.79 Å². The Balaban J connectivity index is 0.00000341. The fourth-order valence-corrected chi connectivity index (χ4v) is 3.58. The van der Waals surface area contributed by atoms with Crippen molar-refractivity contribution < 1.29 is 14.3 Å². The molecular weight excluding hydrogens is 507 g/mol. The molecule has 1 aliphatic heterocycles. The van der Waals surface area contributed by atoms with Crippen LogP contribution in [0.25, 0.3) is 0 Å². The molecule has 1 aliphatic rings. The van der Waals surface area contributed by atoms with Gasteiger partial charge >= 0.3 is 5.97 Å². The summed E-state index contributed by atoms with van der Waals surface area (Å²) in [4.78, 5) is 18.7. The van der Waals surface area contributed by atoms with Gasteiger partial charge in [0, 0.05) is 38.4 Å². The van der Waals surface area contributed by atoms with E-state index in [-0.39, 0.29) is 24.0 Å². The van der Waals surface area contributed by atoms with E-state index in [4.69, 9.17) is 9.47 Å². The molecule has 1 fully saturated rings. The summed E-state index contributed by atoms with van der Waals surface area (Å²) in [6.07, 6.45) is 1.05. The van der Waals surface area contributed by atoms with Gasteiger partial charge in [-0.1, -0.05) is 23.8 Å². The number of halogens is 1. The fraction of sp³-hybridized carbons (Fsp3) is 0.391. The number of anilines is 1. The number of methoxy groups -OCH3 is 2. The third kappa shape index (κ3) is 6.49. The van der Waals surface area contributed by atoms with Gasteiger partial charge in [0.2, 0.25) is 0 Å². The van der Waals surface area contributed by atoms with Crippen LogP contribution in [0.4, 0.5) is 5.69 Å². The second-order valence-corrected chi connectivity index (χ2v) is 7.36. The van der Waals surface area contributed by atoms with E-state index in [2.05, 4.69) is 51.7 Å². The quantitative estimate of drug-likeness (QED) is 0.255. The molecule has 0 radical (unpaired) electrons. The van der Waals surface area contributed by atoms with Gasteiger partial charge in [0.05, 0.1) is 14.2 Å². The van der Waals surface area contributed by atoms with E-state index in [1.165, 1.54) is 25.5 Å². The normalized spacial score (nSPS) is 15.8. The first-order valence-corrected chi connectivity index (χ1v) is 10.1. The number of rotatable bonds is 6. The predicted octanol–water partition coefficient (Wildman–Crippen LogP) is 3.35. The minimum absolute atomic E-state index is 0. The minimum Gasteiger partial charge on any atom is -0.496 e. The maximum absolute atomic E-state index is 12.0. The van der Waals surface area contributed by atoms with Gasteiger partial charge in [0.15, 0.2) is 5.96 Å². The summed E-state index contributed by atoms with van der Waals surface area (Å²) in [5.74, 6) is 0.815. The number of ether oxygens (including phenoxy) is 2. The lowest BCUT2D eigenvalue weighted by Gasteiger charge is -2.20. The third-order valence-electron chi connectivity index (χ3n) is 5.28. The van der Waals surface area contributed by atoms with Gasteiger partial charge in [0.25, 0.3) is 0 Å². The maximum atomic E-state index is 12.0. The summed E-state index contributed by atoms with van der Waals surface area (Å²) in [5.41, 5.74) is 3.87. The predicted molar refractivity (Wildman–Crippen MR) is 135 cm³/mol. The maximum Gasteiger partial charge on any atom is 0.341 e. The Labute approximate surface area is 201 Å². The Bertz CT molecular complexity index is 902. The lowest BCUT2D eigenvalue weighted by molar-refractivity contribution is 0.0597. The third-order valence-corrected chi connectivity index (χ3v) is 5.28. The van der Waals surface area contributed by atoms with Crippen LogP contribution in [-0.2, 0) is 11.3 Å². The Hall–Kier alpha value is -2.49. The summed E-state index contributed by atoms with van der Waals surface area (Å²) in [7, 11) is 4.66. The first-order chi connectivity index (χ1) is 14.5. The van der Waals surface area contributed by atoms with Gasteiger partial charge in [-0.15, -0.1) is 24.0 Å². The molecule has 2 aromatic carbocycles. The van der Waals surface area contributed by atoms with Crippen molar-refractivity contribution in [3.05, 3.63) is 59.2 Å². The van der Waals surface area contributed by atoms with E-state index < -0.39 is 5.97 Å². The SMILES string of the molecule is CN=C(NCc1ccc(OC)c(C(=O)OC)c1)NC1CCN(c2ccc(C)cc2)C1.I. The number of carbonyl (C=O) groups is 1. The standard InChI is InChI=1S/C23H30N4O3.HI/c1-16-5-8-19(9-6-16)27-12-11-18(15-27)26-23(24-2)25-14-17-7-10-21(29-3)20(13-17)22(28)30-4;/h5-10,13,18H,11-12,14-15H2,1-4H3,(H2,24,25,26);1H. The van der Waals surface area contributed by atoms with Gasteiger partial charge in [-0.2, -0.15) is 0 Å². The molecule has 0 bridgehead atoms. The Morgan fingerprint density at radius 1 is 1.19 bits per heavy atom. The zero-order valence-corrected chi connectivity index (χ0v) is 20.8. The van der Waals surface area contributed by atoms with Crippen molar-refractivity contribution in [1.82, 2.24) is 10.6 Å². The number of esters is 1. The highest BCUT2D eigenvalue weighted by Gasteiger charge is 2.23. The lowest BCUT2D eigenvalue weighted by Crippen LogP contribution is -2.44. The molecule has 31 heavy (non-hydrogen) atoms. The molecule has 2 aromatic rings. The van der Waals surface area contributed by atoms with Crippen molar-refractivity contribution in [3.63, 3.8) is 0 Å². The number of guanidine groups is 1. The van der Waals surface area contributed by atoms with Crippen molar-refractivity contribution in [3.8, 4) is 5.75 Å². The molecular formula is C23H31IN4O3. The van der Waals surface area contributed by atoms with E-state index >= 15 is 0 Å². The Morgan fingerprint density at radius 3 is 2.58 bits per heavy atom. The number of benzene rings is 2. The molecule has 0 aromatic heterocycles. The van der Waals surface area contributed by atoms with Crippen molar-refractivity contribution >= 4 is 41.6 Å². The summed E-state index contributed by atoms with van der Waals surface area (Å²) in [6.45, 7) is 4.57. The first-order valence-electron chi connectivity index (χ1n) is 10.1. The van der Waals surface area contributed by atoms with E-state index in [1.54, 1.807) is 19.2 Å². The number of aliphatic imine (C=N–C) groups is 1. The molecule has 0 aliphatic carbocycles. The molecule has 0 spiro atoms. The second-order valence-electron chi connectivity index (χ2n) is 7.36. The molecule has 1 atom stereocenters. The molecule has 0 amide bonds. The summed E-state index contributed by atoms with van der Waals surface area (Å²) < 4.78 is 10.1. The van der Waals surface area contributed by atoms with Gasteiger partial charge in [-0.05, 0) is 43.2 Å². The van der Waals surface area contributed by atoms with Gasteiger partial charge in [-0.3, -0.25) is 4.99 Å². The zero-order valence-electron chi connectivity index (χ0n) is 18.5. The molecule has 1 heterocycles. The van der Waals surface area contributed by atoms with Crippen LogP contribution < -0.4 is 20.3 Å². The number of nitrogens with zero attached hydrogens (tertiary/aromatic N) is 2. The highest BCUT2D eigenvalue weighted by Crippen LogP contribution is 2.22. The number of hydrogen-bond acceptors (Lipinski definition) is 5. The lowest BCUT2D eigenvalue weighted by atomic mass is 10.1. The Kier molecular flexibility index (Phi) is 9.42. The van der Waals surface area contributed by atoms with Crippen molar-refractivity contribution in [2.24, 2.45) is 4.99 Å². The van der Waals surface area contributed by atoms with Crippen LogP contribution in [0.1, 0.15) is 27.9 Å². The number of aryl methyl sites for hydroxylation is 1. The molecule has 1 unspecified atom stereocenters. The molecule has 3 rings (SSSR count). The zero-order chi connectivity index (χ0) is 21.5. The summed E-state index contributed by atoms with van der Waals surface area (Å²) in [5, 5.41) is 6.82. The molecule has 2 N–H and O–H groups in total. The molecule has 0 saturated carbocycles. The minimum atomic E-state index is -0.418. The fourth-order valence-electron chi connectivity index (χ4n) is 3.58. The average Bonchev–Trinajstić information content (AvgIpc) is 3.24. The monoisotopic (exact) mass is 538 g/mol. The second kappa shape index (κ2) is 11.8. The largest absolute Gasteiger partial charge is 0.496 e. The van der Waals surface area contributed by atoms with Crippen molar-refractivity contribution in [2.45, 2.75) is 25.9 Å². The van der Waals surface area contributed by atoms with E-state index in [0.29, 0.717) is 23.9 Å². The highest BCUT2D eigenvalue weighted by molar-refractivity contribution is 14.0. The highest BCUT2D eigenvalue weighted by atomic mass is 127. The van der Waals surface area contributed by atoms with Crippen LogP contribution >= 0.6 is 24.0 Å². The topological polar surface area (TPSA) is 75.2 Å². The number of carbonyl (C=O) groups excluding carboxylic acids is 1. The van der Waals surface area contributed by atoms with Crippen LogP contribution in [-0.4, -0.2) is 52.3 Å². The van der Waals surface area contributed by atoms with Crippen LogP contribution in [0.3, 0.4) is 0 Å². The van der Waals surface area contributed by atoms with Gasteiger partial charge < -0.3 is 25.0 Å². The first kappa shape index (κ1) is 24.8. The number of nitrogens with one attached hydrogen (secondary N) is 2. The Morgan fingerprint density at radius 2 is 1.94 bits per heavy atom. The van der Waals surface area contributed by atoms with Crippen LogP contribution in [0.5, 0.6) is 5.75 Å². The average molecular weight is 538 g/mol. The molecule has 8 heteroatoms. The molecule has 168 valence electrons. The molecule has 7 nitrogen and oxygen atoms in total.